The lowest BCUT2D eigenvalue weighted by Gasteiger charge is -2.17. The third-order valence-corrected chi connectivity index (χ3v) is 4.52. The van der Waals surface area contributed by atoms with Crippen molar-refractivity contribution in [2.75, 3.05) is 24.3 Å². The predicted octanol–water partition coefficient (Wildman–Crippen LogP) is 4.60. The smallest absolute Gasteiger partial charge is 0.338 e. The van der Waals surface area contributed by atoms with Crippen molar-refractivity contribution in [3.63, 3.8) is 0 Å². The molecule has 0 aromatic heterocycles. The molecule has 0 heterocycles. The number of ether oxygens (including phenoxy) is 1. The standard InChI is InChI=1S/C24H24N2O3/c1-17(29-24(28)19-12-9-13-20(16-19)26(2)3)23(27)25-22-15-8-7-14-21(22)18-10-5-4-6-11-18/h4-17H,1-3H3,(H,25,27)/t17-/m0/s1. The molecule has 0 saturated carbocycles. The van der Waals surface area contributed by atoms with Crippen LogP contribution in [0.3, 0.4) is 0 Å². The van der Waals surface area contributed by atoms with E-state index in [1.54, 1.807) is 25.1 Å². The first-order chi connectivity index (χ1) is 14.0. The Hall–Kier alpha value is -3.60. The summed E-state index contributed by atoms with van der Waals surface area (Å²) in [5.74, 6) is -0.918. The van der Waals surface area contributed by atoms with E-state index < -0.39 is 12.1 Å². The number of carbonyl (C=O) groups excluding carboxylic acids is 2. The molecule has 0 radical (unpaired) electrons. The largest absolute Gasteiger partial charge is 0.449 e. The normalized spacial score (nSPS) is 11.4. The van der Waals surface area contributed by atoms with Crippen LogP contribution in [0, 0.1) is 0 Å². The molecule has 0 bridgehead atoms. The SMILES string of the molecule is C[C@H](OC(=O)c1cccc(N(C)C)c1)C(=O)Nc1ccccc1-c1ccccc1. The molecule has 3 rings (SSSR count). The van der Waals surface area contributed by atoms with Crippen molar-refractivity contribution in [2.24, 2.45) is 0 Å². The van der Waals surface area contributed by atoms with Gasteiger partial charge in [0.25, 0.3) is 5.91 Å². The molecule has 29 heavy (non-hydrogen) atoms. The van der Waals surface area contributed by atoms with E-state index in [0.717, 1.165) is 16.8 Å². The van der Waals surface area contributed by atoms with Crippen LogP contribution in [-0.2, 0) is 9.53 Å². The van der Waals surface area contributed by atoms with Gasteiger partial charge in [-0.15, -0.1) is 0 Å². The topological polar surface area (TPSA) is 58.6 Å². The highest BCUT2D eigenvalue weighted by Gasteiger charge is 2.20. The second-order valence-electron chi connectivity index (χ2n) is 6.89. The molecule has 0 aliphatic rings. The fraction of sp³-hybridized carbons (Fsp3) is 0.167. The summed E-state index contributed by atoms with van der Waals surface area (Å²) in [6.07, 6.45) is -0.936. The fourth-order valence-electron chi connectivity index (χ4n) is 2.89. The number of amides is 1. The minimum atomic E-state index is -0.936. The minimum absolute atomic E-state index is 0.384. The Morgan fingerprint density at radius 3 is 2.31 bits per heavy atom. The van der Waals surface area contributed by atoms with Crippen molar-refractivity contribution in [3.05, 3.63) is 84.4 Å². The van der Waals surface area contributed by atoms with Gasteiger partial charge in [-0.1, -0.05) is 54.6 Å². The molecule has 0 spiro atoms. The zero-order valence-corrected chi connectivity index (χ0v) is 16.8. The Morgan fingerprint density at radius 2 is 1.59 bits per heavy atom. The zero-order valence-electron chi connectivity index (χ0n) is 16.8. The number of benzene rings is 3. The molecule has 0 unspecified atom stereocenters. The number of nitrogens with zero attached hydrogens (tertiary/aromatic N) is 1. The van der Waals surface area contributed by atoms with Crippen LogP contribution in [0.5, 0.6) is 0 Å². The molecule has 148 valence electrons. The zero-order chi connectivity index (χ0) is 20.8. The van der Waals surface area contributed by atoms with Crippen molar-refractivity contribution < 1.29 is 14.3 Å². The Labute approximate surface area is 170 Å². The van der Waals surface area contributed by atoms with E-state index in [-0.39, 0.29) is 5.91 Å². The average molecular weight is 388 g/mol. The lowest BCUT2D eigenvalue weighted by Crippen LogP contribution is -2.30. The maximum absolute atomic E-state index is 12.6. The lowest BCUT2D eigenvalue weighted by molar-refractivity contribution is -0.123. The summed E-state index contributed by atoms with van der Waals surface area (Å²) in [5, 5.41) is 2.87. The number of para-hydroxylation sites is 1. The molecule has 1 atom stereocenters. The quantitative estimate of drug-likeness (QED) is 0.627. The van der Waals surface area contributed by atoms with E-state index in [9.17, 15) is 9.59 Å². The first-order valence-corrected chi connectivity index (χ1v) is 9.39. The van der Waals surface area contributed by atoms with E-state index in [1.165, 1.54) is 0 Å². The van der Waals surface area contributed by atoms with Crippen molar-refractivity contribution in [3.8, 4) is 11.1 Å². The number of carbonyl (C=O) groups is 2. The van der Waals surface area contributed by atoms with Crippen LogP contribution in [0.1, 0.15) is 17.3 Å². The average Bonchev–Trinajstić information content (AvgIpc) is 2.74. The molecular formula is C24H24N2O3. The van der Waals surface area contributed by atoms with Crippen molar-refractivity contribution >= 4 is 23.3 Å². The van der Waals surface area contributed by atoms with E-state index in [1.807, 2.05) is 79.7 Å². The van der Waals surface area contributed by atoms with Gasteiger partial charge in [-0.3, -0.25) is 4.79 Å². The Balaban J connectivity index is 1.70. The monoisotopic (exact) mass is 388 g/mol. The van der Waals surface area contributed by atoms with Crippen LogP contribution in [0.25, 0.3) is 11.1 Å². The highest BCUT2D eigenvalue weighted by Crippen LogP contribution is 2.27. The van der Waals surface area contributed by atoms with Crippen molar-refractivity contribution in [1.29, 1.82) is 0 Å². The van der Waals surface area contributed by atoms with Crippen LogP contribution in [-0.4, -0.2) is 32.1 Å². The van der Waals surface area contributed by atoms with Crippen molar-refractivity contribution in [2.45, 2.75) is 13.0 Å². The van der Waals surface area contributed by atoms with E-state index in [4.69, 9.17) is 4.74 Å². The van der Waals surface area contributed by atoms with E-state index >= 15 is 0 Å². The second kappa shape index (κ2) is 9.06. The van der Waals surface area contributed by atoms with Crippen LogP contribution in [0.4, 0.5) is 11.4 Å². The Bertz CT molecular complexity index is 1000. The summed E-state index contributed by atoms with van der Waals surface area (Å²) in [5.41, 5.74) is 3.85. The molecule has 0 fully saturated rings. The van der Waals surface area contributed by atoms with Crippen molar-refractivity contribution in [1.82, 2.24) is 0 Å². The van der Waals surface area contributed by atoms with Gasteiger partial charge in [0.1, 0.15) is 0 Å². The maximum atomic E-state index is 12.6. The first kappa shape index (κ1) is 20.1. The number of rotatable bonds is 6. The summed E-state index contributed by atoms with van der Waals surface area (Å²) in [6, 6.07) is 24.4. The summed E-state index contributed by atoms with van der Waals surface area (Å²) >= 11 is 0. The highest BCUT2D eigenvalue weighted by molar-refractivity contribution is 6.00. The van der Waals surface area contributed by atoms with Gasteiger partial charge in [-0.05, 0) is 36.8 Å². The molecule has 3 aromatic rings. The van der Waals surface area contributed by atoms with Gasteiger partial charge in [0.2, 0.25) is 0 Å². The maximum Gasteiger partial charge on any atom is 0.338 e. The lowest BCUT2D eigenvalue weighted by atomic mass is 10.0. The number of anilines is 2. The highest BCUT2D eigenvalue weighted by atomic mass is 16.5. The van der Waals surface area contributed by atoms with Gasteiger partial charge in [-0.2, -0.15) is 0 Å². The molecule has 1 N–H and O–H groups in total. The minimum Gasteiger partial charge on any atom is -0.449 e. The summed E-state index contributed by atoms with van der Waals surface area (Å²) in [6.45, 7) is 1.56. The summed E-state index contributed by atoms with van der Waals surface area (Å²) in [7, 11) is 3.79. The van der Waals surface area contributed by atoms with Gasteiger partial charge in [-0.25, -0.2) is 4.79 Å². The number of nitrogens with one attached hydrogen (secondary N) is 1. The third-order valence-electron chi connectivity index (χ3n) is 4.52. The van der Waals surface area contributed by atoms with Gasteiger partial charge in [0.15, 0.2) is 6.10 Å². The molecule has 0 aliphatic heterocycles. The molecule has 0 aliphatic carbocycles. The number of esters is 1. The number of hydrogen-bond acceptors (Lipinski definition) is 4. The van der Waals surface area contributed by atoms with Crippen LogP contribution >= 0.6 is 0 Å². The Morgan fingerprint density at radius 1 is 0.897 bits per heavy atom. The predicted molar refractivity (Wildman–Crippen MR) is 116 cm³/mol. The molecule has 5 heteroatoms. The molecule has 3 aromatic carbocycles. The Kier molecular flexibility index (Phi) is 6.29. The van der Waals surface area contributed by atoms with Crippen LogP contribution < -0.4 is 10.2 Å². The molecular weight excluding hydrogens is 364 g/mol. The van der Waals surface area contributed by atoms with Gasteiger partial charge in [0, 0.05) is 31.0 Å². The van der Waals surface area contributed by atoms with Crippen LogP contribution in [0.15, 0.2) is 78.9 Å². The first-order valence-electron chi connectivity index (χ1n) is 9.39. The van der Waals surface area contributed by atoms with E-state index in [2.05, 4.69) is 5.32 Å². The van der Waals surface area contributed by atoms with Gasteiger partial charge in [0.05, 0.1) is 5.56 Å². The second-order valence-corrected chi connectivity index (χ2v) is 6.89. The third kappa shape index (κ3) is 5.02. The molecule has 0 saturated heterocycles. The summed E-state index contributed by atoms with van der Waals surface area (Å²) < 4.78 is 5.38. The summed E-state index contributed by atoms with van der Waals surface area (Å²) in [4.78, 5) is 27.0. The van der Waals surface area contributed by atoms with Gasteiger partial charge < -0.3 is 15.0 Å². The van der Waals surface area contributed by atoms with Gasteiger partial charge >= 0.3 is 5.97 Å². The molecule has 1 amide bonds. The molecule has 5 nitrogen and oxygen atoms in total. The van der Waals surface area contributed by atoms with E-state index in [0.29, 0.717) is 11.3 Å². The number of hydrogen-bond donors (Lipinski definition) is 1. The van der Waals surface area contributed by atoms with Crippen LogP contribution in [0.2, 0.25) is 0 Å². The fourth-order valence-corrected chi connectivity index (χ4v) is 2.89.